The van der Waals surface area contributed by atoms with Crippen LogP contribution in [0.2, 0.25) is 0 Å². The lowest BCUT2D eigenvalue weighted by molar-refractivity contribution is -0.143. The van der Waals surface area contributed by atoms with Crippen LogP contribution in [0.3, 0.4) is 0 Å². The molecule has 0 aliphatic heterocycles. The van der Waals surface area contributed by atoms with Crippen molar-refractivity contribution in [1.82, 2.24) is 0 Å². The van der Waals surface area contributed by atoms with Crippen molar-refractivity contribution in [1.29, 1.82) is 0 Å². The highest BCUT2D eigenvalue weighted by Crippen LogP contribution is 2.20. The summed E-state index contributed by atoms with van der Waals surface area (Å²) < 4.78 is 19.0. The normalized spacial score (nSPS) is 10.3. The molecule has 0 amide bonds. The van der Waals surface area contributed by atoms with Gasteiger partial charge in [-0.2, -0.15) is 0 Å². The van der Waals surface area contributed by atoms with Crippen LogP contribution in [0, 0.1) is 5.41 Å². The fraction of sp³-hybridized carbons (Fsp3) is 0.462. The number of carbonyl (C=O) groups is 1. The number of carbonyl (C=O) groups excluding carboxylic acids is 1. The molecular formula is C13H20O6P+. The third-order valence-corrected chi connectivity index (χ3v) is 2.03. The van der Waals surface area contributed by atoms with Gasteiger partial charge in [-0.05, 0) is 38.5 Å². The summed E-state index contributed by atoms with van der Waals surface area (Å²) in [6.07, 6.45) is 0. The summed E-state index contributed by atoms with van der Waals surface area (Å²) in [7, 11) is -1.24. The van der Waals surface area contributed by atoms with Gasteiger partial charge in [0.15, 0.2) is 0 Å². The molecule has 0 saturated heterocycles. The van der Waals surface area contributed by atoms with Gasteiger partial charge < -0.3 is 9.47 Å². The minimum atomic E-state index is -2.87. The Morgan fingerprint density at radius 3 is 2.30 bits per heavy atom. The van der Waals surface area contributed by atoms with E-state index in [4.69, 9.17) is 23.8 Å². The predicted octanol–water partition coefficient (Wildman–Crippen LogP) is 2.41. The highest BCUT2D eigenvalue weighted by molar-refractivity contribution is 7.30. The fourth-order valence-electron chi connectivity index (χ4n) is 1.13. The summed E-state index contributed by atoms with van der Waals surface area (Å²) in [4.78, 5) is 25.9. The SMILES string of the molecule is COCc1cccc(OC(=O)C(C)(C)C)c1.O=[P+](O)O. The number of benzene rings is 1. The van der Waals surface area contributed by atoms with Gasteiger partial charge >= 0.3 is 14.2 Å². The van der Waals surface area contributed by atoms with Gasteiger partial charge in [-0.3, -0.25) is 4.79 Å². The smallest absolute Gasteiger partial charge is 0.426 e. The average molecular weight is 303 g/mol. The molecule has 1 aromatic carbocycles. The summed E-state index contributed by atoms with van der Waals surface area (Å²) in [5, 5.41) is 0. The van der Waals surface area contributed by atoms with Crippen LogP contribution in [0.4, 0.5) is 0 Å². The molecule has 0 spiro atoms. The molecule has 0 aromatic heterocycles. The summed E-state index contributed by atoms with van der Waals surface area (Å²) in [6, 6.07) is 7.35. The maximum absolute atomic E-state index is 11.6. The van der Waals surface area contributed by atoms with Crippen molar-refractivity contribution in [3.63, 3.8) is 0 Å². The minimum Gasteiger partial charge on any atom is -0.426 e. The van der Waals surface area contributed by atoms with Gasteiger partial charge in [0, 0.05) is 11.7 Å². The second kappa shape index (κ2) is 8.76. The number of esters is 1. The Labute approximate surface area is 119 Å². The molecule has 0 aliphatic rings. The molecule has 0 aliphatic carbocycles. The third-order valence-electron chi connectivity index (χ3n) is 2.03. The van der Waals surface area contributed by atoms with Crippen LogP contribution in [0.15, 0.2) is 24.3 Å². The number of rotatable bonds is 3. The molecule has 0 heterocycles. The van der Waals surface area contributed by atoms with E-state index in [0.29, 0.717) is 12.4 Å². The fourth-order valence-corrected chi connectivity index (χ4v) is 1.13. The Hall–Kier alpha value is -1.33. The van der Waals surface area contributed by atoms with Gasteiger partial charge in [-0.15, -0.1) is 9.79 Å². The second-order valence-electron chi connectivity index (χ2n) is 4.97. The minimum absolute atomic E-state index is 0.234. The Kier molecular flexibility index (Phi) is 8.18. The number of ether oxygens (including phenoxy) is 2. The molecule has 0 atom stereocenters. The van der Waals surface area contributed by atoms with E-state index in [-0.39, 0.29) is 5.97 Å². The number of methoxy groups -OCH3 is 1. The molecule has 1 aromatic rings. The maximum atomic E-state index is 11.6. The van der Waals surface area contributed by atoms with Crippen molar-refractivity contribution in [2.45, 2.75) is 27.4 Å². The van der Waals surface area contributed by atoms with Crippen LogP contribution in [0.25, 0.3) is 0 Å². The van der Waals surface area contributed by atoms with Gasteiger partial charge in [-0.1, -0.05) is 12.1 Å². The largest absolute Gasteiger partial charge is 0.692 e. The first-order valence-corrected chi connectivity index (χ1v) is 6.98. The topological polar surface area (TPSA) is 93.1 Å². The van der Waals surface area contributed by atoms with Crippen molar-refractivity contribution >= 4 is 14.2 Å². The first-order chi connectivity index (χ1) is 9.16. The molecule has 2 N–H and O–H groups in total. The lowest BCUT2D eigenvalue weighted by Gasteiger charge is -2.16. The Bertz CT molecular complexity index is 448. The van der Waals surface area contributed by atoms with E-state index in [1.54, 1.807) is 13.2 Å². The molecule has 0 bridgehead atoms. The van der Waals surface area contributed by atoms with Gasteiger partial charge in [0.1, 0.15) is 5.75 Å². The molecular weight excluding hydrogens is 283 g/mol. The van der Waals surface area contributed by atoms with E-state index in [9.17, 15) is 4.79 Å². The molecule has 0 unspecified atom stereocenters. The maximum Gasteiger partial charge on any atom is 0.692 e. The molecule has 0 saturated carbocycles. The van der Waals surface area contributed by atoms with Crippen molar-refractivity contribution in [2.75, 3.05) is 7.11 Å². The standard InChI is InChI=1S/C13H18O3.HO3P/c1-13(2,3)12(14)16-11-7-5-6-10(8-11)9-15-4;1-4(2)3/h5-8H,9H2,1-4H3;(H-,1,2,3)/p+1. The van der Waals surface area contributed by atoms with Crippen molar-refractivity contribution in [3.8, 4) is 5.75 Å². The van der Waals surface area contributed by atoms with E-state index in [0.717, 1.165) is 5.56 Å². The molecule has 6 nitrogen and oxygen atoms in total. The molecule has 1 rings (SSSR count). The summed E-state index contributed by atoms with van der Waals surface area (Å²) in [6.45, 7) is 6.00. The number of hydrogen-bond donors (Lipinski definition) is 2. The summed E-state index contributed by atoms with van der Waals surface area (Å²) in [5.74, 6) is 0.330. The highest BCUT2D eigenvalue weighted by atomic mass is 31.1. The molecule has 112 valence electrons. The van der Waals surface area contributed by atoms with Gasteiger partial charge in [0.25, 0.3) is 0 Å². The summed E-state index contributed by atoms with van der Waals surface area (Å²) >= 11 is 0. The van der Waals surface area contributed by atoms with Crippen LogP contribution in [-0.4, -0.2) is 22.9 Å². The van der Waals surface area contributed by atoms with Crippen LogP contribution < -0.4 is 4.74 Å². The van der Waals surface area contributed by atoms with Gasteiger partial charge in [0.2, 0.25) is 0 Å². The van der Waals surface area contributed by atoms with Crippen LogP contribution in [-0.2, 0) is 20.7 Å². The van der Waals surface area contributed by atoms with Crippen LogP contribution in [0.5, 0.6) is 5.75 Å². The second-order valence-corrected chi connectivity index (χ2v) is 5.48. The zero-order valence-corrected chi connectivity index (χ0v) is 12.9. The zero-order chi connectivity index (χ0) is 15.8. The molecule has 0 fully saturated rings. The average Bonchev–Trinajstić information content (AvgIpc) is 2.27. The first kappa shape index (κ1) is 18.7. The Balaban J connectivity index is 0.000000796. The van der Waals surface area contributed by atoms with E-state index in [1.807, 2.05) is 39.0 Å². The van der Waals surface area contributed by atoms with Crippen molar-refractivity contribution < 1.29 is 28.6 Å². The Morgan fingerprint density at radius 2 is 1.85 bits per heavy atom. The zero-order valence-electron chi connectivity index (χ0n) is 12.0. The first-order valence-electron chi connectivity index (χ1n) is 5.82. The van der Waals surface area contributed by atoms with Gasteiger partial charge in [-0.25, -0.2) is 0 Å². The predicted molar refractivity (Wildman–Crippen MR) is 74.3 cm³/mol. The van der Waals surface area contributed by atoms with Crippen molar-refractivity contribution in [3.05, 3.63) is 29.8 Å². The molecule has 20 heavy (non-hydrogen) atoms. The third kappa shape index (κ3) is 8.72. The van der Waals surface area contributed by atoms with E-state index in [1.165, 1.54) is 0 Å². The lowest BCUT2D eigenvalue weighted by Crippen LogP contribution is -2.25. The van der Waals surface area contributed by atoms with Crippen molar-refractivity contribution in [2.24, 2.45) is 5.41 Å². The van der Waals surface area contributed by atoms with Gasteiger partial charge in [0.05, 0.1) is 12.0 Å². The quantitative estimate of drug-likeness (QED) is 0.506. The highest BCUT2D eigenvalue weighted by Gasteiger charge is 2.23. The number of hydrogen-bond acceptors (Lipinski definition) is 4. The van der Waals surface area contributed by atoms with Crippen LogP contribution >= 0.6 is 8.25 Å². The Morgan fingerprint density at radius 1 is 1.30 bits per heavy atom. The molecule has 0 radical (unpaired) electrons. The van der Waals surface area contributed by atoms with E-state index < -0.39 is 13.7 Å². The monoisotopic (exact) mass is 303 g/mol. The molecule has 7 heteroatoms. The van der Waals surface area contributed by atoms with Crippen LogP contribution in [0.1, 0.15) is 26.3 Å². The lowest BCUT2D eigenvalue weighted by atomic mass is 9.97. The van der Waals surface area contributed by atoms with E-state index >= 15 is 0 Å². The summed E-state index contributed by atoms with van der Waals surface area (Å²) in [5.41, 5.74) is 0.499. The van der Waals surface area contributed by atoms with E-state index in [2.05, 4.69) is 0 Å².